The predicted octanol–water partition coefficient (Wildman–Crippen LogP) is 2.45. The summed E-state index contributed by atoms with van der Waals surface area (Å²) in [6.07, 6.45) is 6.48. The summed E-state index contributed by atoms with van der Waals surface area (Å²) in [6, 6.07) is 0. The lowest BCUT2D eigenvalue weighted by molar-refractivity contribution is -0.189. The lowest BCUT2D eigenvalue weighted by Crippen LogP contribution is -2.37. The Bertz CT molecular complexity index is 126. The van der Waals surface area contributed by atoms with Gasteiger partial charge in [-0.1, -0.05) is 26.2 Å². The summed E-state index contributed by atoms with van der Waals surface area (Å²) in [7, 11) is 0. The summed E-state index contributed by atoms with van der Waals surface area (Å²) >= 11 is 0. The van der Waals surface area contributed by atoms with Crippen molar-refractivity contribution in [1.29, 1.82) is 0 Å². The van der Waals surface area contributed by atoms with E-state index in [9.17, 15) is 5.11 Å². The molecule has 0 heterocycles. The largest absolute Gasteiger partial charge is 0.368 e. The molecule has 1 N–H and O–H groups in total. The first kappa shape index (κ1) is 10.0. The van der Waals surface area contributed by atoms with Crippen LogP contribution in [0.15, 0.2) is 0 Å². The zero-order chi connectivity index (χ0) is 9.03. The van der Waals surface area contributed by atoms with E-state index >= 15 is 0 Å². The smallest absolute Gasteiger partial charge is 0.152 e. The molecule has 0 aliphatic heterocycles. The van der Waals surface area contributed by atoms with Gasteiger partial charge in [0.2, 0.25) is 0 Å². The van der Waals surface area contributed by atoms with Crippen LogP contribution < -0.4 is 0 Å². The lowest BCUT2D eigenvalue weighted by Gasteiger charge is -2.37. The second-order valence-corrected chi connectivity index (χ2v) is 3.81. The monoisotopic (exact) mass is 172 g/mol. The molecule has 0 radical (unpaired) electrons. The minimum atomic E-state index is -0.608. The Morgan fingerprint density at radius 3 is 2.33 bits per heavy atom. The summed E-state index contributed by atoms with van der Waals surface area (Å²) in [4.78, 5) is 0. The highest BCUT2D eigenvalue weighted by atomic mass is 16.6. The van der Waals surface area contributed by atoms with Crippen LogP contribution in [0, 0.1) is 0 Å². The summed E-state index contributed by atoms with van der Waals surface area (Å²) in [5.41, 5.74) is -0.00752. The van der Waals surface area contributed by atoms with E-state index in [0.717, 1.165) is 19.3 Å². The highest BCUT2D eigenvalue weighted by Crippen LogP contribution is 2.34. The molecule has 2 heteroatoms. The van der Waals surface area contributed by atoms with E-state index in [1.807, 2.05) is 0 Å². The average molecular weight is 172 g/mol. The molecule has 72 valence electrons. The van der Waals surface area contributed by atoms with Gasteiger partial charge >= 0.3 is 0 Å². The van der Waals surface area contributed by atoms with Gasteiger partial charge in [-0.05, 0) is 26.2 Å². The Hall–Kier alpha value is -0.0800. The minimum Gasteiger partial charge on any atom is -0.368 e. The molecule has 1 saturated carbocycles. The van der Waals surface area contributed by atoms with Crippen LogP contribution in [-0.2, 0) is 4.74 Å². The van der Waals surface area contributed by atoms with E-state index in [1.165, 1.54) is 19.3 Å². The molecule has 0 aromatic rings. The van der Waals surface area contributed by atoms with Gasteiger partial charge in [-0.25, -0.2) is 0 Å². The fourth-order valence-electron chi connectivity index (χ4n) is 2.11. The Kier molecular flexibility index (Phi) is 3.53. The van der Waals surface area contributed by atoms with Crippen LogP contribution in [-0.4, -0.2) is 17.0 Å². The molecular weight excluding hydrogens is 152 g/mol. The molecule has 2 nitrogen and oxygen atoms in total. The molecule has 0 bridgehead atoms. The van der Waals surface area contributed by atoms with Crippen LogP contribution in [0.2, 0.25) is 0 Å². The number of hydrogen-bond acceptors (Lipinski definition) is 2. The quantitative estimate of drug-likeness (QED) is 0.663. The highest BCUT2D eigenvalue weighted by molar-refractivity contribution is 4.83. The van der Waals surface area contributed by atoms with Crippen molar-refractivity contribution in [2.24, 2.45) is 0 Å². The lowest BCUT2D eigenvalue weighted by atomic mass is 9.83. The SMILES string of the molecule is CCC1(OC(C)O)CCCCC1. The van der Waals surface area contributed by atoms with E-state index in [0.29, 0.717) is 0 Å². The molecule has 0 amide bonds. The maximum Gasteiger partial charge on any atom is 0.152 e. The van der Waals surface area contributed by atoms with Gasteiger partial charge < -0.3 is 9.84 Å². The van der Waals surface area contributed by atoms with Crippen LogP contribution >= 0.6 is 0 Å². The van der Waals surface area contributed by atoms with Crippen molar-refractivity contribution in [3.8, 4) is 0 Å². The molecule has 1 aliphatic rings. The van der Waals surface area contributed by atoms with Crippen molar-refractivity contribution in [3.05, 3.63) is 0 Å². The molecule has 1 rings (SSSR count). The zero-order valence-electron chi connectivity index (χ0n) is 8.18. The van der Waals surface area contributed by atoms with Crippen molar-refractivity contribution >= 4 is 0 Å². The van der Waals surface area contributed by atoms with Gasteiger partial charge in [-0.2, -0.15) is 0 Å². The molecule has 0 aromatic heterocycles. The second-order valence-electron chi connectivity index (χ2n) is 3.81. The number of aliphatic hydroxyl groups excluding tert-OH is 1. The van der Waals surface area contributed by atoms with E-state index in [2.05, 4.69) is 6.92 Å². The van der Waals surface area contributed by atoms with Crippen LogP contribution in [0.5, 0.6) is 0 Å². The topological polar surface area (TPSA) is 29.5 Å². The summed E-state index contributed by atoms with van der Waals surface area (Å²) < 4.78 is 5.58. The Morgan fingerprint density at radius 2 is 1.92 bits per heavy atom. The molecule has 1 fully saturated rings. The number of ether oxygens (including phenoxy) is 1. The standard InChI is InChI=1S/C10H20O2/c1-3-10(12-9(2)11)7-5-4-6-8-10/h9,11H,3-8H2,1-2H3. The van der Waals surface area contributed by atoms with Gasteiger partial charge in [0.05, 0.1) is 5.60 Å². The first-order valence-corrected chi connectivity index (χ1v) is 5.04. The van der Waals surface area contributed by atoms with Crippen molar-refractivity contribution in [3.63, 3.8) is 0 Å². The van der Waals surface area contributed by atoms with E-state index in [-0.39, 0.29) is 5.60 Å². The maximum absolute atomic E-state index is 9.18. The molecule has 1 unspecified atom stereocenters. The summed E-state index contributed by atoms with van der Waals surface area (Å²) in [6.45, 7) is 3.85. The van der Waals surface area contributed by atoms with E-state index in [4.69, 9.17) is 4.74 Å². The molecule has 1 aliphatic carbocycles. The van der Waals surface area contributed by atoms with Crippen molar-refractivity contribution in [2.75, 3.05) is 0 Å². The van der Waals surface area contributed by atoms with Crippen LogP contribution in [0.4, 0.5) is 0 Å². The number of aliphatic hydroxyl groups is 1. The van der Waals surface area contributed by atoms with Gasteiger partial charge in [0.15, 0.2) is 6.29 Å². The van der Waals surface area contributed by atoms with Crippen LogP contribution in [0.25, 0.3) is 0 Å². The summed E-state index contributed by atoms with van der Waals surface area (Å²) in [5, 5.41) is 9.18. The Balaban J connectivity index is 2.48. The van der Waals surface area contributed by atoms with Gasteiger partial charge in [0.25, 0.3) is 0 Å². The number of hydrogen-bond donors (Lipinski definition) is 1. The Labute approximate surface area is 74.9 Å². The molecule has 0 spiro atoms. The van der Waals surface area contributed by atoms with Crippen molar-refractivity contribution in [1.82, 2.24) is 0 Å². The Morgan fingerprint density at radius 1 is 1.33 bits per heavy atom. The molecular formula is C10H20O2. The highest BCUT2D eigenvalue weighted by Gasteiger charge is 2.32. The zero-order valence-corrected chi connectivity index (χ0v) is 8.18. The molecule has 0 saturated heterocycles. The van der Waals surface area contributed by atoms with Crippen LogP contribution in [0.3, 0.4) is 0 Å². The molecule has 0 aromatic carbocycles. The third kappa shape index (κ3) is 2.46. The van der Waals surface area contributed by atoms with Crippen molar-refractivity contribution < 1.29 is 9.84 Å². The fourth-order valence-corrected chi connectivity index (χ4v) is 2.11. The van der Waals surface area contributed by atoms with E-state index < -0.39 is 6.29 Å². The first-order chi connectivity index (χ1) is 5.68. The fraction of sp³-hybridized carbons (Fsp3) is 1.00. The third-order valence-corrected chi connectivity index (χ3v) is 2.83. The molecule has 1 atom stereocenters. The normalized spacial score (nSPS) is 25.2. The molecule has 12 heavy (non-hydrogen) atoms. The second kappa shape index (κ2) is 4.24. The van der Waals surface area contributed by atoms with Crippen molar-refractivity contribution in [2.45, 2.75) is 64.3 Å². The minimum absolute atomic E-state index is 0.00752. The predicted molar refractivity (Wildman–Crippen MR) is 48.9 cm³/mol. The van der Waals surface area contributed by atoms with Gasteiger partial charge in [-0.3, -0.25) is 0 Å². The van der Waals surface area contributed by atoms with Gasteiger partial charge in [-0.15, -0.1) is 0 Å². The van der Waals surface area contributed by atoms with Crippen LogP contribution in [0.1, 0.15) is 52.4 Å². The summed E-state index contributed by atoms with van der Waals surface area (Å²) in [5.74, 6) is 0. The maximum atomic E-state index is 9.18. The average Bonchev–Trinajstić information content (AvgIpc) is 2.05. The van der Waals surface area contributed by atoms with E-state index in [1.54, 1.807) is 6.92 Å². The third-order valence-electron chi connectivity index (χ3n) is 2.83. The first-order valence-electron chi connectivity index (χ1n) is 5.04. The van der Waals surface area contributed by atoms with Gasteiger partial charge in [0.1, 0.15) is 0 Å². The van der Waals surface area contributed by atoms with Gasteiger partial charge in [0, 0.05) is 0 Å². The number of rotatable bonds is 3.